The Morgan fingerprint density at radius 1 is 1.42 bits per heavy atom. The first-order chi connectivity index (χ1) is 8.99. The van der Waals surface area contributed by atoms with Crippen LogP contribution in [0.2, 0.25) is 5.15 Å². The summed E-state index contributed by atoms with van der Waals surface area (Å²) in [6.45, 7) is 5.56. The molecule has 0 bridgehead atoms. The number of aryl methyl sites for hydroxylation is 1. The van der Waals surface area contributed by atoms with Crippen molar-refractivity contribution in [1.29, 1.82) is 0 Å². The Bertz CT molecular complexity index is 539. The first-order valence-electron chi connectivity index (χ1n) is 6.11. The van der Waals surface area contributed by atoms with Crippen LogP contribution in [0.3, 0.4) is 0 Å². The van der Waals surface area contributed by atoms with E-state index in [4.69, 9.17) is 11.6 Å². The van der Waals surface area contributed by atoms with Gasteiger partial charge in [-0.25, -0.2) is 9.97 Å². The summed E-state index contributed by atoms with van der Waals surface area (Å²) in [6, 6.07) is 0. The van der Waals surface area contributed by atoms with Gasteiger partial charge in [-0.1, -0.05) is 11.6 Å². The molecule has 1 aliphatic heterocycles. The summed E-state index contributed by atoms with van der Waals surface area (Å²) >= 11 is 5.84. The molecule has 1 saturated heterocycles. The maximum absolute atomic E-state index is 11.1. The quantitative estimate of drug-likeness (QED) is 0.484. The molecule has 0 radical (unpaired) electrons. The van der Waals surface area contributed by atoms with Crippen molar-refractivity contribution in [3.05, 3.63) is 32.5 Å². The van der Waals surface area contributed by atoms with Crippen molar-refractivity contribution in [3.63, 3.8) is 0 Å². The monoisotopic (exact) mass is 282 g/mol. The highest BCUT2D eigenvalue weighted by atomic mass is 35.5. The molecule has 0 aliphatic carbocycles. The summed E-state index contributed by atoms with van der Waals surface area (Å²) in [6.07, 6.45) is 4.01. The van der Waals surface area contributed by atoms with E-state index in [-0.39, 0.29) is 16.5 Å². The summed E-state index contributed by atoms with van der Waals surface area (Å²) in [4.78, 5) is 20.7. The van der Waals surface area contributed by atoms with Gasteiger partial charge in [0, 0.05) is 18.8 Å². The van der Waals surface area contributed by atoms with E-state index in [2.05, 4.69) is 14.9 Å². The van der Waals surface area contributed by atoms with Crippen LogP contribution in [0.4, 0.5) is 5.69 Å². The van der Waals surface area contributed by atoms with Crippen molar-refractivity contribution in [1.82, 2.24) is 14.9 Å². The fourth-order valence-corrected chi connectivity index (χ4v) is 2.47. The Labute approximate surface area is 116 Å². The SMILES string of the molecule is C/C(=C/c1nc(C)nc(Cl)c1[N+](=O)[O-])N1CCCC1. The molecule has 0 amide bonds. The van der Waals surface area contributed by atoms with E-state index < -0.39 is 4.92 Å². The molecule has 2 heterocycles. The Morgan fingerprint density at radius 3 is 2.63 bits per heavy atom. The number of hydrogen-bond donors (Lipinski definition) is 0. The zero-order chi connectivity index (χ0) is 14.0. The topological polar surface area (TPSA) is 72.2 Å². The van der Waals surface area contributed by atoms with Crippen molar-refractivity contribution in [2.45, 2.75) is 26.7 Å². The van der Waals surface area contributed by atoms with Crippen molar-refractivity contribution in [2.24, 2.45) is 0 Å². The second kappa shape index (κ2) is 5.52. The van der Waals surface area contributed by atoms with Crippen LogP contribution in [0, 0.1) is 17.0 Å². The van der Waals surface area contributed by atoms with Gasteiger partial charge < -0.3 is 4.90 Å². The molecule has 0 saturated carbocycles. The van der Waals surface area contributed by atoms with Crippen LogP contribution >= 0.6 is 11.6 Å². The average molecular weight is 283 g/mol. The lowest BCUT2D eigenvalue weighted by Crippen LogP contribution is -2.16. The maximum atomic E-state index is 11.1. The van der Waals surface area contributed by atoms with E-state index in [9.17, 15) is 10.1 Å². The second-order valence-corrected chi connectivity index (χ2v) is 4.89. The molecule has 1 aromatic heterocycles. The van der Waals surface area contributed by atoms with Gasteiger partial charge in [-0.2, -0.15) is 0 Å². The molecule has 0 aromatic carbocycles. The van der Waals surface area contributed by atoms with E-state index >= 15 is 0 Å². The van der Waals surface area contributed by atoms with E-state index in [1.54, 1.807) is 13.0 Å². The molecule has 1 aromatic rings. The average Bonchev–Trinajstić information content (AvgIpc) is 2.80. The number of nitro groups is 1. The third kappa shape index (κ3) is 3.01. The van der Waals surface area contributed by atoms with Crippen molar-refractivity contribution < 1.29 is 4.92 Å². The molecule has 0 spiro atoms. The smallest absolute Gasteiger partial charge is 0.331 e. The van der Waals surface area contributed by atoms with Gasteiger partial charge in [0.2, 0.25) is 5.15 Å². The zero-order valence-corrected chi connectivity index (χ0v) is 11.6. The fraction of sp³-hybridized carbons (Fsp3) is 0.500. The predicted molar refractivity (Wildman–Crippen MR) is 72.9 cm³/mol. The molecule has 0 atom stereocenters. The normalized spacial score (nSPS) is 15.9. The Balaban J connectivity index is 2.43. The summed E-state index contributed by atoms with van der Waals surface area (Å²) in [5.74, 6) is 0.427. The summed E-state index contributed by atoms with van der Waals surface area (Å²) in [5, 5.41) is 10.9. The third-order valence-corrected chi connectivity index (χ3v) is 3.38. The van der Waals surface area contributed by atoms with Gasteiger partial charge in [-0.3, -0.25) is 10.1 Å². The zero-order valence-electron chi connectivity index (χ0n) is 10.9. The fourth-order valence-electron chi connectivity index (χ4n) is 2.18. The summed E-state index contributed by atoms with van der Waals surface area (Å²) in [5.41, 5.74) is 1.01. The van der Waals surface area contributed by atoms with Crippen LogP contribution in [0.1, 0.15) is 31.3 Å². The van der Waals surface area contributed by atoms with Gasteiger partial charge in [-0.05, 0) is 32.8 Å². The Morgan fingerprint density at radius 2 is 2.05 bits per heavy atom. The summed E-state index contributed by atoms with van der Waals surface area (Å²) in [7, 11) is 0. The molecule has 1 aliphatic rings. The number of likely N-dealkylation sites (tertiary alicyclic amines) is 1. The van der Waals surface area contributed by atoms with Crippen molar-refractivity contribution >= 4 is 23.4 Å². The number of rotatable bonds is 3. The third-order valence-electron chi connectivity index (χ3n) is 3.11. The Hall–Kier alpha value is -1.69. The standard InChI is InChI=1S/C12H15ClN4O2/c1-8(16-5-3-4-6-16)7-10-11(17(18)19)12(13)15-9(2)14-10/h7H,3-6H2,1-2H3/b8-7-. The van der Waals surface area contributed by atoms with E-state index in [0.29, 0.717) is 5.82 Å². The molecule has 6 nitrogen and oxygen atoms in total. The van der Waals surface area contributed by atoms with Gasteiger partial charge in [0.15, 0.2) is 0 Å². The minimum atomic E-state index is -0.537. The Kier molecular flexibility index (Phi) is 3.99. The van der Waals surface area contributed by atoms with Gasteiger partial charge in [0.05, 0.1) is 4.92 Å². The lowest BCUT2D eigenvalue weighted by Gasteiger charge is -2.17. The van der Waals surface area contributed by atoms with E-state index in [1.807, 2.05) is 6.92 Å². The minimum Gasteiger partial charge on any atom is -0.375 e. The summed E-state index contributed by atoms with van der Waals surface area (Å²) < 4.78 is 0. The van der Waals surface area contributed by atoms with Gasteiger partial charge in [-0.15, -0.1) is 0 Å². The highest BCUT2D eigenvalue weighted by molar-refractivity contribution is 6.31. The molecular formula is C12H15ClN4O2. The van der Waals surface area contributed by atoms with Crippen LogP contribution in [-0.2, 0) is 0 Å². The molecule has 0 N–H and O–H groups in total. The molecular weight excluding hydrogens is 268 g/mol. The van der Waals surface area contributed by atoms with Crippen LogP contribution in [0.25, 0.3) is 6.08 Å². The molecule has 19 heavy (non-hydrogen) atoms. The lowest BCUT2D eigenvalue weighted by atomic mass is 10.2. The number of halogens is 1. The predicted octanol–water partition coefficient (Wildman–Crippen LogP) is 2.80. The highest BCUT2D eigenvalue weighted by Gasteiger charge is 2.22. The largest absolute Gasteiger partial charge is 0.375 e. The van der Waals surface area contributed by atoms with Gasteiger partial charge in [0.1, 0.15) is 11.5 Å². The van der Waals surface area contributed by atoms with Gasteiger partial charge in [0.25, 0.3) is 0 Å². The number of hydrogen-bond acceptors (Lipinski definition) is 5. The molecule has 0 unspecified atom stereocenters. The molecule has 102 valence electrons. The van der Waals surface area contributed by atoms with Gasteiger partial charge >= 0.3 is 5.69 Å². The molecule has 1 fully saturated rings. The van der Waals surface area contributed by atoms with E-state index in [0.717, 1.165) is 31.6 Å². The van der Waals surface area contributed by atoms with E-state index in [1.165, 1.54) is 0 Å². The number of nitrogens with zero attached hydrogens (tertiary/aromatic N) is 4. The number of allylic oxidation sites excluding steroid dienone is 1. The first-order valence-corrected chi connectivity index (χ1v) is 6.48. The second-order valence-electron chi connectivity index (χ2n) is 4.53. The first kappa shape index (κ1) is 13.7. The maximum Gasteiger partial charge on any atom is 0.331 e. The van der Waals surface area contributed by atoms with Crippen LogP contribution in [-0.4, -0.2) is 32.9 Å². The molecule has 7 heteroatoms. The van der Waals surface area contributed by atoms with Crippen LogP contribution < -0.4 is 0 Å². The van der Waals surface area contributed by atoms with Crippen LogP contribution in [0.15, 0.2) is 5.70 Å². The van der Waals surface area contributed by atoms with Crippen molar-refractivity contribution in [3.8, 4) is 0 Å². The number of aromatic nitrogens is 2. The van der Waals surface area contributed by atoms with Crippen LogP contribution in [0.5, 0.6) is 0 Å². The lowest BCUT2D eigenvalue weighted by molar-refractivity contribution is -0.385. The highest BCUT2D eigenvalue weighted by Crippen LogP contribution is 2.28. The van der Waals surface area contributed by atoms with Crippen molar-refractivity contribution in [2.75, 3.05) is 13.1 Å². The minimum absolute atomic E-state index is 0.113. The molecule has 2 rings (SSSR count).